The van der Waals surface area contributed by atoms with E-state index in [1.54, 1.807) is 0 Å². The Morgan fingerprint density at radius 3 is 2.06 bits per heavy atom. The summed E-state index contributed by atoms with van der Waals surface area (Å²) in [5, 5.41) is 0. The minimum absolute atomic E-state index is 0.690. The number of halogens is 3. The maximum atomic E-state index is 6.15. The molecule has 0 aliphatic carbocycles. The monoisotopic (exact) mass is 358 g/mol. The van der Waals surface area contributed by atoms with Crippen LogP contribution in [0, 0.1) is 0 Å². The number of benzene rings is 2. The summed E-state index contributed by atoms with van der Waals surface area (Å²) in [6, 6.07) is 18.3. The lowest BCUT2D eigenvalue weighted by atomic mass is 10.0. The Morgan fingerprint density at radius 1 is 0.812 bits per heavy atom. The summed E-state index contributed by atoms with van der Waals surface area (Å²) in [6.45, 7) is 0. The van der Waals surface area contributed by atoms with E-state index in [1.807, 2.05) is 30.3 Å². The quantitative estimate of drug-likeness (QED) is 0.621. The van der Waals surface area contributed by atoms with E-state index in [4.69, 9.17) is 11.6 Å². The Bertz CT molecular complexity index is 475. The molecule has 0 aliphatic heterocycles. The Labute approximate surface area is 117 Å². The summed E-state index contributed by atoms with van der Waals surface area (Å²) in [7, 11) is 0. The molecule has 0 saturated carbocycles. The summed E-state index contributed by atoms with van der Waals surface area (Å²) in [5.41, 5.74) is 3.32. The van der Waals surface area contributed by atoms with Crippen molar-refractivity contribution in [3.63, 3.8) is 0 Å². The van der Waals surface area contributed by atoms with Gasteiger partial charge in [0.2, 0.25) is 0 Å². The lowest BCUT2D eigenvalue weighted by Gasteiger charge is -2.13. The molecule has 2 rings (SSSR count). The van der Waals surface area contributed by atoms with Crippen molar-refractivity contribution in [2.75, 3.05) is 0 Å². The average molecular weight is 360 g/mol. The third-order valence-corrected chi connectivity index (χ3v) is 3.43. The van der Waals surface area contributed by atoms with Gasteiger partial charge in [-0.1, -0.05) is 60.1 Å². The molecule has 3 heteroatoms. The lowest BCUT2D eigenvalue weighted by molar-refractivity contribution is 1.33. The highest BCUT2D eigenvalue weighted by Gasteiger charge is 2.21. The van der Waals surface area contributed by atoms with Crippen molar-refractivity contribution in [2.24, 2.45) is 0 Å². The fourth-order valence-corrected chi connectivity index (χ4v) is 2.12. The highest BCUT2D eigenvalue weighted by molar-refractivity contribution is 9.25. The predicted octanol–water partition coefficient (Wildman–Crippen LogP) is 5.49. The molecule has 0 heterocycles. The van der Waals surface area contributed by atoms with Gasteiger partial charge in [-0.25, -0.2) is 0 Å². The van der Waals surface area contributed by atoms with Gasteiger partial charge >= 0.3 is 0 Å². The second kappa shape index (κ2) is 4.91. The van der Waals surface area contributed by atoms with Crippen LogP contribution in [0.3, 0.4) is 0 Å². The molecule has 0 bridgehead atoms. The van der Waals surface area contributed by atoms with Crippen LogP contribution in [-0.2, 0) is 2.69 Å². The van der Waals surface area contributed by atoms with E-state index in [0.717, 1.165) is 11.1 Å². The summed E-state index contributed by atoms with van der Waals surface area (Å²) >= 11 is 12.9. The molecule has 0 amide bonds. The summed E-state index contributed by atoms with van der Waals surface area (Å²) in [4.78, 5) is 0. The zero-order chi connectivity index (χ0) is 11.6. The summed E-state index contributed by atoms with van der Waals surface area (Å²) < 4.78 is -0.690. The zero-order valence-corrected chi connectivity index (χ0v) is 12.3. The van der Waals surface area contributed by atoms with E-state index in [9.17, 15) is 0 Å². The van der Waals surface area contributed by atoms with Crippen LogP contribution in [0.1, 0.15) is 5.56 Å². The van der Waals surface area contributed by atoms with Crippen molar-refractivity contribution in [3.8, 4) is 11.1 Å². The minimum atomic E-state index is -0.690. The van der Waals surface area contributed by atoms with E-state index in [-0.39, 0.29) is 0 Å². The molecule has 0 aliphatic rings. The van der Waals surface area contributed by atoms with Crippen molar-refractivity contribution < 1.29 is 0 Å². The Hall–Kier alpha value is -0.310. The fourth-order valence-electron chi connectivity index (χ4n) is 1.51. The number of alkyl halides is 3. The van der Waals surface area contributed by atoms with E-state index >= 15 is 0 Å². The molecule has 16 heavy (non-hydrogen) atoms. The van der Waals surface area contributed by atoms with Gasteiger partial charge in [0.25, 0.3) is 0 Å². The van der Waals surface area contributed by atoms with E-state index in [1.165, 1.54) is 5.56 Å². The standard InChI is InChI=1S/C13H9Br2Cl/c14-13(15,16)12-8-4-7-11(9-12)10-5-2-1-3-6-10/h1-9H. The van der Waals surface area contributed by atoms with Crippen LogP contribution in [0.2, 0.25) is 0 Å². The first kappa shape index (κ1) is 12.2. The van der Waals surface area contributed by atoms with Crippen LogP contribution < -0.4 is 0 Å². The van der Waals surface area contributed by atoms with Gasteiger partial charge in [0.05, 0.1) is 0 Å². The first-order valence-corrected chi connectivity index (χ1v) is 6.76. The molecule has 2 aromatic carbocycles. The molecular formula is C13H9Br2Cl. The Kier molecular flexibility index (Phi) is 3.73. The van der Waals surface area contributed by atoms with Crippen LogP contribution in [0.25, 0.3) is 11.1 Å². The normalized spacial score (nSPS) is 11.4. The highest BCUT2D eigenvalue weighted by atomic mass is 79.9. The molecule has 0 spiro atoms. The third-order valence-electron chi connectivity index (χ3n) is 2.30. The summed E-state index contributed by atoms with van der Waals surface area (Å²) in [6.07, 6.45) is 0. The van der Waals surface area contributed by atoms with Gasteiger partial charge in [0.15, 0.2) is 2.69 Å². The van der Waals surface area contributed by atoms with Crippen LogP contribution in [0.4, 0.5) is 0 Å². The van der Waals surface area contributed by atoms with Gasteiger partial charge in [0, 0.05) is 0 Å². The predicted molar refractivity (Wildman–Crippen MR) is 77.3 cm³/mol. The molecule has 0 atom stereocenters. The molecule has 0 radical (unpaired) electrons. The number of hydrogen-bond acceptors (Lipinski definition) is 0. The Balaban J connectivity index is 2.45. The topological polar surface area (TPSA) is 0 Å². The first-order chi connectivity index (χ1) is 7.57. The molecule has 0 fully saturated rings. The first-order valence-electron chi connectivity index (χ1n) is 4.80. The van der Waals surface area contributed by atoms with Crippen LogP contribution in [-0.4, -0.2) is 0 Å². The Morgan fingerprint density at radius 2 is 1.44 bits per heavy atom. The second-order valence-electron chi connectivity index (χ2n) is 3.44. The smallest absolute Gasteiger partial charge is 0.0886 e. The molecule has 0 N–H and O–H groups in total. The van der Waals surface area contributed by atoms with Gasteiger partial charge in [-0.15, -0.1) is 0 Å². The van der Waals surface area contributed by atoms with Crippen molar-refractivity contribution in [3.05, 3.63) is 60.2 Å². The maximum absolute atomic E-state index is 6.15. The molecule has 0 saturated heterocycles. The molecule has 2 aromatic rings. The SMILES string of the molecule is ClC(Br)(Br)c1cccc(-c2ccccc2)c1. The van der Waals surface area contributed by atoms with E-state index in [2.05, 4.69) is 56.1 Å². The molecule has 0 unspecified atom stereocenters. The van der Waals surface area contributed by atoms with Crippen LogP contribution in [0.5, 0.6) is 0 Å². The number of hydrogen-bond donors (Lipinski definition) is 0. The molecule has 0 aromatic heterocycles. The third kappa shape index (κ3) is 2.88. The van der Waals surface area contributed by atoms with Crippen molar-refractivity contribution in [2.45, 2.75) is 2.69 Å². The van der Waals surface area contributed by atoms with Gasteiger partial charge in [0.1, 0.15) is 0 Å². The van der Waals surface area contributed by atoms with Gasteiger partial charge in [-0.3, -0.25) is 0 Å². The molecule has 82 valence electrons. The lowest BCUT2D eigenvalue weighted by Crippen LogP contribution is -1.97. The van der Waals surface area contributed by atoms with Crippen molar-refractivity contribution in [1.82, 2.24) is 0 Å². The maximum Gasteiger partial charge on any atom is 0.178 e. The molecule has 0 nitrogen and oxygen atoms in total. The van der Waals surface area contributed by atoms with E-state index < -0.39 is 2.69 Å². The van der Waals surface area contributed by atoms with Gasteiger partial charge < -0.3 is 0 Å². The highest BCUT2D eigenvalue weighted by Crippen LogP contribution is 2.43. The summed E-state index contributed by atoms with van der Waals surface area (Å²) in [5.74, 6) is 0. The second-order valence-corrected chi connectivity index (χ2v) is 8.37. The van der Waals surface area contributed by atoms with Crippen molar-refractivity contribution >= 4 is 43.5 Å². The van der Waals surface area contributed by atoms with Gasteiger partial charge in [-0.05, 0) is 54.6 Å². The fraction of sp³-hybridized carbons (Fsp3) is 0.0769. The number of rotatable bonds is 2. The van der Waals surface area contributed by atoms with Crippen LogP contribution in [0.15, 0.2) is 54.6 Å². The van der Waals surface area contributed by atoms with Gasteiger partial charge in [-0.2, -0.15) is 0 Å². The zero-order valence-electron chi connectivity index (χ0n) is 8.33. The minimum Gasteiger partial charge on any atom is -0.0886 e. The van der Waals surface area contributed by atoms with Crippen LogP contribution >= 0.6 is 43.5 Å². The molecular weight excluding hydrogens is 351 g/mol. The van der Waals surface area contributed by atoms with Crippen molar-refractivity contribution in [1.29, 1.82) is 0 Å². The average Bonchev–Trinajstić information content (AvgIpc) is 2.29. The van der Waals surface area contributed by atoms with E-state index in [0.29, 0.717) is 0 Å². The largest absolute Gasteiger partial charge is 0.178 e.